The molecule has 1 aromatic rings. The molecule has 2 rings (SSSR count). The van der Waals surface area contributed by atoms with Gasteiger partial charge in [0.05, 0.1) is 6.04 Å². The van der Waals surface area contributed by atoms with Crippen molar-refractivity contribution in [2.24, 2.45) is 5.73 Å². The molecule has 1 aliphatic heterocycles. The summed E-state index contributed by atoms with van der Waals surface area (Å²) in [6.07, 6.45) is -6.60. The lowest BCUT2D eigenvalue weighted by Crippen LogP contribution is -2.50. The molecular weight excluding hydrogens is 316 g/mol. The number of halogens is 4. The fourth-order valence-corrected chi connectivity index (χ4v) is 2.84. The topological polar surface area (TPSA) is 55.6 Å². The van der Waals surface area contributed by atoms with Crippen LogP contribution in [0.15, 0.2) is 18.2 Å². The van der Waals surface area contributed by atoms with E-state index in [-0.39, 0.29) is 5.82 Å². The summed E-state index contributed by atoms with van der Waals surface area (Å²) in [5, 5.41) is 0. The number of fused-ring (bicyclic) bond motifs is 1. The zero-order valence-corrected chi connectivity index (χ0v) is 12.9. The van der Waals surface area contributed by atoms with E-state index in [9.17, 15) is 22.4 Å². The van der Waals surface area contributed by atoms with Crippen LogP contribution in [-0.4, -0.2) is 31.0 Å². The van der Waals surface area contributed by atoms with Gasteiger partial charge in [0.1, 0.15) is 5.82 Å². The van der Waals surface area contributed by atoms with Gasteiger partial charge in [0.25, 0.3) is 0 Å². The molecule has 1 heterocycles. The first kappa shape index (κ1) is 17.5. The van der Waals surface area contributed by atoms with Crippen LogP contribution in [0.4, 0.5) is 23.2 Å². The second kappa shape index (κ2) is 5.67. The first-order valence-corrected chi connectivity index (χ1v) is 7.04. The number of esters is 1. The second-order valence-electron chi connectivity index (χ2n) is 6.25. The molecule has 0 spiro atoms. The molecule has 128 valence electrons. The van der Waals surface area contributed by atoms with Crippen molar-refractivity contribution >= 4 is 11.7 Å². The van der Waals surface area contributed by atoms with Gasteiger partial charge in [0, 0.05) is 23.2 Å². The molecule has 8 heteroatoms. The molecule has 0 aliphatic carbocycles. The van der Waals surface area contributed by atoms with E-state index < -0.39 is 29.8 Å². The number of carbonyl (C=O) groups excluding carboxylic acids is 1. The highest BCUT2D eigenvalue weighted by Gasteiger charge is 2.45. The molecule has 1 aliphatic rings. The third-order valence-corrected chi connectivity index (χ3v) is 3.99. The fourth-order valence-electron chi connectivity index (χ4n) is 2.84. The van der Waals surface area contributed by atoms with Crippen molar-refractivity contribution in [3.05, 3.63) is 29.6 Å². The second-order valence-corrected chi connectivity index (χ2v) is 6.25. The Balaban J connectivity index is 2.24. The summed E-state index contributed by atoms with van der Waals surface area (Å²) in [4.78, 5) is 12.6. The minimum Gasteiger partial charge on any atom is -0.438 e. The van der Waals surface area contributed by atoms with Crippen molar-refractivity contribution in [2.45, 2.75) is 44.6 Å². The number of anilines is 1. The van der Waals surface area contributed by atoms with Crippen LogP contribution in [0, 0.1) is 5.82 Å². The number of benzene rings is 1. The number of carbonyl (C=O) groups is 1. The van der Waals surface area contributed by atoms with E-state index in [1.807, 2.05) is 13.8 Å². The van der Waals surface area contributed by atoms with Gasteiger partial charge in [-0.3, -0.25) is 5.73 Å². The maximum Gasteiger partial charge on any atom is 0.490 e. The highest BCUT2D eigenvalue weighted by atomic mass is 19.4. The van der Waals surface area contributed by atoms with E-state index in [1.54, 1.807) is 11.0 Å². The number of nitrogens with zero attached hydrogens (tertiary/aromatic N) is 1. The minimum absolute atomic E-state index is 0.349. The van der Waals surface area contributed by atoms with Gasteiger partial charge >= 0.3 is 12.1 Å². The van der Waals surface area contributed by atoms with Crippen LogP contribution in [0.25, 0.3) is 0 Å². The molecule has 0 saturated carbocycles. The quantitative estimate of drug-likeness (QED) is 0.525. The standard InChI is InChI=1S/C15H18F4N2O2/c1-8(12(20)23-13(22)15(17,18)19)21-7-14(2,3)11-9(16)5-4-6-10(11)21/h4-6,8,12H,7,20H2,1-3H3. The predicted molar refractivity (Wildman–Crippen MR) is 76.4 cm³/mol. The van der Waals surface area contributed by atoms with Gasteiger partial charge in [-0.05, 0) is 19.1 Å². The van der Waals surface area contributed by atoms with Crippen LogP contribution >= 0.6 is 0 Å². The summed E-state index contributed by atoms with van der Waals surface area (Å²) < 4.78 is 55.2. The van der Waals surface area contributed by atoms with Gasteiger partial charge in [-0.25, -0.2) is 9.18 Å². The summed E-state index contributed by atoms with van der Waals surface area (Å²) >= 11 is 0. The Morgan fingerprint density at radius 3 is 2.57 bits per heavy atom. The van der Waals surface area contributed by atoms with Crippen LogP contribution in [0.5, 0.6) is 0 Å². The predicted octanol–water partition coefficient (Wildman–Crippen LogP) is 2.70. The van der Waals surface area contributed by atoms with Crippen molar-refractivity contribution in [3.8, 4) is 0 Å². The maximum absolute atomic E-state index is 14.1. The van der Waals surface area contributed by atoms with E-state index in [2.05, 4.69) is 4.74 Å². The number of nitrogens with two attached hydrogens (primary N) is 1. The molecule has 0 radical (unpaired) electrons. The van der Waals surface area contributed by atoms with Crippen molar-refractivity contribution < 1.29 is 27.1 Å². The van der Waals surface area contributed by atoms with Gasteiger partial charge in [-0.15, -0.1) is 0 Å². The Labute approximate surface area is 131 Å². The monoisotopic (exact) mass is 334 g/mol. The largest absolute Gasteiger partial charge is 0.490 e. The van der Waals surface area contributed by atoms with Crippen LogP contribution in [-0.2, 0) is 14.9 Å². The van der Waals surface area contributed by atoms with Crippen molar-refractivity contribution in [3.63, 3.8) is 0 Å². The zero-order chi connectivity index (χ0) is 17.6. The van der Waals surface area contributed by atoms with Gasteiger partial charge in [-0.1, -0.05) is 19.9 Å². The molecule has 0 amide bonds. The molecule has 2 N–H and O–H groups in total. The Hall–Kier alpha value is -1.83. The number of hydrogen-bond donors (Lipinski definition) is 1. The van der Waals surface area contributed by atoms with Crippen molar-refractivity contribution in [1.29, 1.82) is 0 Å². The highest BCUT2D eigenvalue weighted by molar-refractivity contribution is 5.76. The molecule has 0 bridgehead atoms. The maximum atomic E-state index is 14.1. The third-order valence-electron chi connectivity index (χ3n) is 3.99. The van der Waals surface area contributed by atoms with E-state index in [4.69, 9.17) is 5.73 Å². The molecule has 0 fully saturated rings. The summed E-state index contributed by atoms with van der Waals surface area (Å²) in [5.41, 5.74) is 6.08. The van der Waals surface area contributed by atoms with Crippen molar-refractivity contribution in [1.82, 2.24) is 0 Å². The number of ether oxygens (including phenoxy) is 1. The minimum atomic E-state index is -5.11. The lowest BCUT2D eigenvalue weighted by atomic mass is 9.86. The van der Waals surface area contributed by atoms with Gasteiger partial charge in [0.15, 0.2) is 6.23 Å². The Kier molecular flexibility index (Phi) is 4.32. The van der Waals surface area contributed by atoms with Crippen LogP contribution in [0.2, 0.25) is 0 Å². The van der Waals surface area contributed by atoms with E-state index in [0.717, 1.165) is 0 Å². The Bertz CT molecular complexity index is 616. The SMILES string of the molecule is CC(C(N)OC(=O)C(F)(F)F)N1CC(C)(C)c2c(F)cccc21. The summed E-state index contributed by atoms with van der Waals surface area (Å²) in [6.45, 7) is 5.54. The lowest BCUT2D eigenvalue weighted by molar-refractivity contribution is -0.205. The summed E-state index contributed by atoms with van der Waals surface area (Å²) in [5.74, 6) is -2.72. The molecule has 0 saturated heterocycles. The first-order valence-electron chi connectivity index (χ1n) is 7.04. The normalized spacial score (nSPS) is 19.2. The molecule has 1 aromatic carbocycles. The molecule has 2 atom stereocenters. The zero-order valence-electron chi connectivity index (χ0n) is 12.9. The van der Waals surface area contributed by atoms with E-state index in [0.29, 0.717) is 17.8 Å². The Morgan fingerprint density at radius 1 is 1.39 bits per heavy atom. The molecule has 4 nitrogen and oxygen atoms in total. The molecule has 23 heavy (non-hydrogen) atoms. The van der Waals surface area contributed by atoms with Crippen LogP contribution < -0.4 is 10.6 Å². The third kappa shape index (κ3) is 3.26. The smallest absolute Gasteiger partial charge is 0.438 e. The number of rotatable bonds is 3. The van der Waals surface area contributed by atoms with Gasteiger partial charge in [0.2, 0.25) is 0 Å². The average molecular weight is 334 g/mol. The Morgan fingerprint density at radius 2 is 2.00 bits per heavy atom. The summed E-state index contributed by atoms with van der Waals surface area (Å²) in [6, 6.07) is 3.77. The number of hydrogen-bond acceptors (Lipinski definition) is 4. The highest BCUT2D eigenvalue weighted by Crippen LogP contribution is 2.43. The van der Waals surface area contributed by atoms with Gasteiger partial charge in [-0.2, -0.15) is 13.2 Å². The van der Waals surface area contributed by atoms with E-state index in [1.165, 1.54) is 19.1 Å². The molecule has 0 aromatic heterocycles. The number of alkyl halides is 3. The summed E-state index contributed by atoms with van der Waals surface area (Å²) in [7, 11) is 0. The van der Waals surface area contributed by atoms with Crippen LogP contribution in [0.3, 0.4) is 0 Å². The molecular formula is C15H18F4N2O2. The first-order chi connectivity index (χ1) is 10.4. The molecule has 2 unspecified atom stereocenters. The van der Waals surface area contributed by atoms with Crippen molar-refractivity contribution in [2.75, 3.05) is 11.4 Å². The average Bonchev–Trinajstić information content (AvgIpc) is 2.69. The lowest BCUT2D eigenvalue weighted by Gasteiger charge is -2.32. The van der Waals surface area contributed by atoms with Gasteiger partial charge < -0.3 is 9.64 Å². The fraction of sp³-hybridized carbons (Fsp3) is 0.533. The van der Waals surface area contributed by atoms with Crippen LogP contribution in [0.1, 0.15) is 26.3 Å². The van der Waals surface area contributed by atoms with E-state index >= 15 is 0 Å².